The van der Waals surface area contributed by atoms with E-state index in [4.69, 9.17) is 28.4 Å². The first-order chi connectivity index (χ1) is 19.2. The number of thioether (sulfide) groups is 2. The predicted molar refractivity (Wildman–Crippen MR) is 163 cm³/mol. The van der Waals surface area contributed by atoms with Crippen LogP contribution in [0.25, 0.3) is 0 Å². The van der Waals surface area contributed by atoms with E-state index in [9.17, 15) is 0 Å². The third-order valence-electron chi connectivity index (χ3n) is 5.56. The maximum absolute atomic E-state index is 6.05. The van der Waals surface area contributed by atoms with Crippen LogP contribution in [0.3, 0.4) is 0 Å². The van der Waals surface area contributed by atoms with Gasteiger partial charge in [-0.05, 0) is 61.9 Å². The number of hydrogen-bond donors (Lipinski definition) is 0. The van der Waals surface area contributed by atoms with E-state index in [0.29, 0.717) is 66.1 Å². The van der Waals surface area contributed by atoms with Crippen LogP contribution in [0.5, 0.6) is 5.75 Å². The summed E-state index contributed by atoms with van der Waals surface area (Å²) in [5, 5.41) is 0. The second-order valence-electron chi connectivity index (χ2n) is 9.02. The van der Waals surface area contributed by atoms with Crippen molar-refractivity contribution in [2.45, 2.75) is 55.9 Å². The summed E-state index contributed by atoms with van der Waals surface area (Å²) in [6, 6.07) is 16.9. The molecular weight excluding hydrogens is 532 g/mol. The monoisotopic (exact) mass is 580 g/mol. The standard InChI is InChI=1S/C31H48O6S2/c1-4-6-29(26-39-31-11-7-27(3)8-12-31)37-24-22-35-20-18-33-16-15-32-17-19-34-21-23-36-28-9-13-30(14-10-28)38-25-5-2/h7-14,29H,4-6,15-26H2,1-3H3. The van der Waals surface area contributed by atoms with Crippen LogP contribution in [0.2, 0.25) is 0 Å². The molecule has 0 N–H and O–H groups in total. The van der Waals surface area contributed by atoms with E-state index in [1.165, 1.54) is 21.8 Å². The summed E-state index contributed by atoms with van der Waals surface area (Å²) >= 11 is 3.72. The molecule has 0 aliphatic rings. The van der Waals surface area contributed by atoms with Crippen LogP contribution in [0, 0.1) is 6.92 Å². The van der Waals surface area contributed by atoms with Crippen molar-refractivity contribution in [3.05, 3.63) is 54.1 Å². The maximum atomic E-state index is 6.05. The summed E-state index contributed by atoms with van der Waals surface area (Å²) in [4.78, 5) is 2.57. The summed E-state index contributed by atoms with van der Waals surface area (Å²) < 4.78 is 34.1. The summed E-state index contributed by atoms with van der Waals surface area (Å²) in [6.07, 6.45) is 3.61. The first-order valence-corrected chi connectivity index (χ1v) is 16.2. The first-order valence-electron chi connectivity index (χ1n) is 14.2. The highest BCUT2D eigenvalue weighted by Crippen LogP contribution is 2.22. The average molecular weight is 581 g/mol. The molecule has 8 heteroatoms. The highest BCUT2D eigenvalue weighted by Gasteiger charge is 2.09. The van der Waals surface area contributed by atoms with E-state index in [-0.39, 0.29) is 6.10 Å². The fourth-order valence-electron chi connectivity index (χ4n) is 3.47. The second-order valence-corrected chi connectivity index (χ2v) is 11.3. The van der Waals surface area contributed by atoms with E-state index in [1.807, 2.05) is 35.7 Å². The Kier molecular flexibility index (Phi) is 20.4. The SMILES string of the molecule is CCCSc1ccc(OCCOCCOCCOCCOCCOC(CCC)CSc2ccc(C)cc2)cc1. The minimum absolute atomic E-state index is 0.251. The van der Waals surface area contributed by atoms with Gasteiger partial charge in [-0.25, -0.2) is 0 Å². The Balaban J connectivity index is 1.33. The van der Waals surface area contributed by atoms with Gasteiger partial charge >= 0.3 is 0 Å². The molecule has 0 aromatic heterocycles. The van der Waals surface area contributed by atoms with Crippen molar-refractivity contribution in [1.29, 1.82) is 0 Å². The Morgan fingerprint density at radius 2 is 1.10 bits per heavy atom. The van der Waals surface area contributed by atoms with Crippen molar-refractivity contribution in [1.82, 2.24) is 0 Å². The van der Waals surface area contributed by atoms with Gasteiger partial charge in [0.25, 0.3) is 0 Å². The van der Waals surface area contributed by atoms with Crippen molar-refractivity contribution in [3.8, 4) is 5.75 Å². The lowest BCUT2D eigenvalue weighted by Crippen LogP contribution is -2.19. The molecule has 0 aliphatic heterocycles. The molecule has 220 valence electrons. The second kappa shape index (κ2) is 23.4. The molecule has 0 amide bonds. The number of rotatable bonds is 25. The van der Waals surface area contributed by atoms with Crippen molar-refractivity contribution in [3.63, 3.8) is 0 Å². The van der Waals surface area contributed by atoms with E-state index < -0.39 is 0 Å². The molecule has 2 rings (SSSR count). The van der Waals surface area contributed by atoms with Gasteiger partial charge in [0, 0.05) is 15.5 Å². The number of hydrogen-bond acceptors (Lipinski definition) is 8. The smallest absolute Gasteiger partial charge is 0.119 e. The average Bonchev–Trinajstić information content (AvgIpc) is 2.96. The molecular formula is C31H48O6S2. The highest BCUT2D eigenvalue weighted by atomic mass is 32.2. The maximum Gasteiger partial charge on any atom is 0.119 e. The molecule has 2 aromatic rings. The van der Waals surface area contributed by atoms with E-state index in [0.717, 1.165) is 30.1 Å². The molecule has 0 heterocycles. The molecule has 0 fully saturated rings. The van der Waals surface area contributed by atoms with E-state index in [2.05, 4.69) is 57.2 Å². The van der Waals surface area contributed by atoms with Gasteiger partial charge in [-0.1, -0.05) is 38.0 Å². The normalized spacial score (nSPS) is 12.1. The van der Waals surface area contributed by atoms with Gasteiger partial charge < -0.3 is 28.4 Å². The molecule has 0 saturated heterocycles. The van der Waals surface area contributed by atoms with Crippen LogP contribution in [0.4, 0.5) is 0 Å². The number of aryl methyl sites for hydroxylation is 1. The van der Waals surface area contributed by atoms with Gasteiger partial charge in [-0.3, -0.25) is 0 Å². The Labute approximate surface area is 244 Å². The Morgan fingerprint density at radius 3 is 1.67 bits per heavy atom. The Hall–Kier alpha value is -1.26. The highest BCUT2D eigenvalue weighted by molar-refractivity contribution is 7.99. The minimum Gasteiger partial charge on any atom is -0.491 e. The topological polar surface area (TPSA) is 55.4 Å². The summed E-state index contributed by atoms with van der Waals surface area (Å²) in [7, 11) is 0. The molecule has 2 aromatic carbocycles. The molecule has 1 atom stereocenters. The number of ether oxygens (including phenoxy) is 6. The third-order valence-corrected chi connectivity index (χ3v) is 7.92. The molecule has 0 saturated carbocycles. The first kappa shape index (κ1) is 33.9. The summed E-state index contributed by atoms with van der Waals surface area (Å²) in [6.45, 7) is 12.0. The van der Waals surface area contributed by atoms with Gasteiger partial charge in [0.1, 0.15) is 12.4 Å². The van der Waals surface area contributed by atoms with E-state index in [1.54, 1.807) is 0 Å². The van der Waals surface area contributed by atoms with Crippen molar-refractivity contribution >= 4 is 23.5 Å². The predicted octanol–water partition coefficient (Wildman–Crippen LogP) is 6.92. The van der Waals surface area contributed by atoms with Gasteiger partial charge in [0.2, 0.25) is 0 Å². The van der Waals surface area contributed by atoms with Gasteiger partial charge in [-0.15, -0.1) is 23.5 Å². The van der Waals surface area contributed by atoms with Crippen LogP contribution in [-0.2, 0) is 23.7 Å². The summed E-state index contributed by atoms with van der Waals surface area (Å²) in [5.74, 6) is 2.98. The van der Waals surface area contributed by atoms with E-state index >= 15 is 0 Å². The van der Waals surface area contributed by atoms with Crippen molar-refractivity contribution in [2.24, 2.45) is 0 Å². The third kappa shape index (κ3) is 17.9. The van der Waals surface area contributed by atoms with Crippen LogP contribution in [0.1, 0.15) is 38.7 Å². The minimum atomic E-state index is 0.251. The van der Waals surface area contributed by atoms with Gasteiger partial charge in [-0.2, -0.15) is 0 Å². The molecule has 0 spiro atoms. The van der Waals surface area contributed by atoms with Crippen molar-refractivity contribution < 1.29 is 28.4 Å². The quantitative estimate of drug-likeness (QED) is 0.0927. The molecule has 0 aliphatic carbocycles. The lowest BCUT2D eigenvalue weighted by atomic mass is 10.2. The zero-order valence-electron chi connectivity index (χ0n) is 24.1. The lowest BCUT2D eigenvalue weighted by molar-refractivity contribution is -0.0211. The molecule has 1 unspecified atom stereocenters. The molecule has 39 heavy (non-hydrogen) atoms. The van der Waals surface area contributed by atoms with Crippen LogP contribution < -0.4 is 4.74 Å². The summed E-state index contributed by atoms with van der Waals surface area (Å²) in [5.41, 5.74) is 1.29. The Bertz CT molecular complexity index is 819. The Morgan fingerprint density at radius 1 is 0.590 bits per heavy atom. The fourth-order valence-corrected chi connectivity index (χ4v) is 5.20. The lowest BCUT2D eigenvalue weighted by Gasteiger charge is -2.17. The van der Waals surface area contributed by atoms with Gasteiger partial charge in [0.05, 0.1) is 65.6 Å². The largest absolute Gasteiger partial charge is 0.491 e. The molecule has 0 bridgehead atoms. The molecule has 6 nitrogen and oxygen atoms in total. The van der Waals surface area contributed by atoms with Gasteiger partial charge in [0.15, 0.2) is 0 Å². The molecule has 0 radical (unpaired) electrons. The number of benzene rings is 2. The van der Waals surface area contributed by atoms with Crippen LogP contribution in [0.15, 0.2) is 58.3 Å². The van der Waals surface area contributed by atoms with Crippen LogP contribution >= 0.6 is 23.5 Å². The van der Waals surface area contributed by atoms with Crippen LogP contribution in [-0.4, -0.2) is 83.7 Å². The zero-order chi connectivity index (χ0) is 27.8. The van der Waals surface area contributed by atoms with Crippen molar-refractivity contribution in [2.75, 3.05) is 77.6 Å². The fraction of sp³-hybridized carbons (Fsp3) is 0.613. The zero-order valence-corrected chi connectivity index (χ0v) is 25.7.